The van der Waals surface area contributed by atoms with Crippen LogP contribution in [0.1, 0.15) is 24.3 Å². The lowest BCUT2D eigenvalue weighted by Crippen LogP contribution is -2.30. The third-order valence-corrected chi connectivity index (χ3v) is 5.15. The summed E-state index contributed by atoms with van der Waals surface area (Å²) in [5.41, 5.74) is 2.54. The largest absolute Gasteiger partial charge is 0.363 e. The first-order valence-electron chi connectivity index (χ1n) is 6.25. The molecule has 0 bridgehead atoms. The van der Waals surface area contributed by atoms with Gasteiger partial charge in [-0.15, -0.1) is 11.3 Å². The molecule has 1 aromatic carbocycles. The Balaban J connectivity index is 2.28. The SMILES string of the molecule is CC(C)N(Cc1cccs1)c1ccc(CBr)cc1Br. The van der Waals surface area contributed by atoms with E-state index in [4.69, 9.17) is 0 Å². The van der Waals surface area contributed by atoms with Crippen LogP contribution in [0.25, 0.3) is 0 Å². The highest BCUT2D eigenvalue weighted by molar-refractivity contribution is 9.10. The number of benzene rings is 1. The van der Waals surface area contributed by atoms with Crippen LogP contribution in [0.3, 0.4) is 0 Å². The molecule has 0 atom stereocenters. The quantitative estimate of drug-likeness (QED) is 0.569. The second kappa shape index (κ2) is 6.91. The summed E-state index contributed by atoms with van der Waals surface area (Å²) in [6.45, 7) is 5.43. The number of hydrogen-bond acceptors (Lipinski definition) is 2. The average Bonchev–Trinajstić information content (AvgIpc) is 2.89. The van der Waals surface area contributed by atoms with Gasteiger partial charge in [-0.25, -0.2) is 0 Å². The van der Waals surface area contributed by atoms with Crippen LogP contribution in [0, 0.1) is 0 Å². The molecule has 0 unspecified atom stereocenters. The molecule has 2 aromatic rings. The van der Waals surface area contributed by atoms with Crippen molar-refractivity contribution in [1.29, 1.82) is 0 Å². The number of nitrogens with zero attached hydrogens (tertiary/aromatic N) is 1. The van der Waals surface area contributed by atoms with E-state index >= 15 is 0 Å². The molecule has 0 aliphatic heterocycles. The van der Waals surface area contributed by atoms with Crippen molar-refractivity contribution in [1.82, 2.24) is 0 Å². The van der Waals surface area contributed by atoms with Crippen molar-refractivity contribution in [3.63, 3.8) is 0 Å². The van der Waals surface area contributed by atoms with Crippen molar-refractivity contribution in [3.05, 3.63) is 50.6 Å². The zero-order valence-corrected chi connectivity index (χ0v) is 15.1. The second-order valence-corrected chi connectivity index (χ2v) is 7.17. The van der Waals surface area contributed by atoms with Crippen molar-refractivity contribution in [2.45, 2.75) is 31.8 Å². The Morgan fingerprint density at radius 3 is 2.58 bits per heavy atom. The van der Waals surface area contributed by atoms with Gasteiger partial charge in [-0.3, -0.25) is 0 Å². The summed E-state index contributed by atoms with van der Waals surface area (Å²) in [5.74, 6) is 0. The normalized spacial score (nSPS) is 11.0. The molecule has 1 aromatic heterocycles. The predicted octanol–water partition coefficient (Wildman–Crippen LogP) is 5.82. The van der Waals surface area contributed by atoms with E-state index in [-0.39, 0.29) is 0 Å². The molecular formula is C15H17Br2NS. The smallest absolute Gasteiger partial charge is 0.0526 e. The van der Waals surface area contributed by atoms with Crippen LogP contribution < -0.4 is 4.90 Å². The van der Waals surface area contributed by atoms with Gasteiger partial charge in [0.1, 0.15) is 0 Å². The Kier molecular flexibility index (Phi) is 5.48. The fourth-order valence-corrected chi connectivity index (χ4v) is 3.69. The van der Waals surface area contributed by atoms with Crippen molar-refractivity contribution < 1.29 is 0 Å². The first-order chi connectivity index (χ1) is 9.11. The topological polar surface area (TPSA) is 3.24 Å². The predicted molar refractivity (Wildman–Crippen MR) is 92.4 cm³/mol. The zero-order valence-electron chi connectivity index (χ0n) is 11.1. The van der Waals surface area contributed by atoms with Gasteiger partial charge >= 0.3 is 0 Å². The summed E-state index contributed by atoms with van der Waals surface area (Å²) in [5, 5.41) is 3.02. The lowest BCUT2D eigenvalue weighted by molar-refractivity contribution is 0.686. The van der Waals surface area contributed by atoms with E-state index in [1.54, 1.807) is 0 Å². The maximum atomic E-state index is 3.70. The molecule has 0 saturated carbocycles. The molecule has 1 heterocycles. The number of hydrogen-bond donors (Lipinski definition) is 0. The maximum absolute atomic E-state index is 3.70. The van der Waals surface area contributed by atoms with Crippen LogP contribution in [0.5, 0.6) is 0 Å². The summed E-state index contributed by atoms with van der Waals surface area (Å²) >= 11 is 9.01. The second-order valence-electron chi connectivity index (χ2n) is 4.72. The van der Waals surface area contributed by atoms with E-state index in [2.05, 4.69) is 86.3 Å². The molecule has 102 valence electrons. The van der Waals surface area contributed by atoms with Crippen LogP contribution in [0.2, 0.25) is 0 Å². The Hall–Kier alpha value is -0.320. The monoisotopic (exact) mass is 401 g/mol. The number of anilines is 1. The van der Waals surface area contributed by atoms with E-state index in [1.165, 1.54) is 16.1 Å². The highest BCUT2D eigenvalue weighted by Gasteiger charge is 2.14. The molecule has 0 amide bonds. The molecule has 19 heavy (non-hydrogen) atoms. The highest BCUT2D eigenvalue weighted by atomic mass is 79.9. The molecule has 0 aliphatic rings. The summed E-state index contributed by atoms with van der Waals surface area (Å²) in [4.78, 5) is 3.82. The summed E-state index contributed by atoms with van der Waals surface area (Å²) in [6.07, 6.45) is 0. The number of halogens is 2. The Bertz CT molecular complexity index is 523. The summed E-state index contributed by atoms with van der Waals surface area (Å²) in [6, 6.07) is 11.3. The lowest BCUT2D eigenvalue weighted by atomic mass is 10.2. The molecule has 1 nitrogen and oxygen atoms in total. The molecule has 0 N–H and O–H groups in total. The maximum Gasteiger partial charge on any atom is 0.0526 e. The van der Waals surface area contributed by atoms with Crippen molar-refractivity contribution in [2.24, 2.45) is 0 Å². The molecule has 0 saturated heterocycles. The fourth-order valence-electron chi connectivity index (χ4n) is 1.98. The van der Waals surface area contributed by atoms with Gasteiger partial charge in [-0.05, 0) is 58.9 Å². The number of thiophene rings is 1. The Morgan fingerprint density at radius 2 is 2.05 bits per heavy atom. The first kappa shape index (κ1) is 15.1. The highest BCUT2D eigenvalue weighted by Crippen LogP contribution is 2.31. The van der Waals surface area contributed by atoms with Gasteiger partial charge in [-0.2, -0.15) is 0 Å². The Labute approximate surface area is 135 Å². The molecule has 0 aliphatic carbocycles. The number of alkyl halides is 1. The van der Waals surface area contributed by atoms with Gasteiger partial charge in [0.05, 0.1) is 12.2 Å². The molecule has 0 radical (unpaired) electrons. The number of rotatable bonds is 5. The van der Waals surface area contributed by atoms with Gasteiger partial charge < -0.3 is 4.90 Å². The molecular weight excluding hydrogens is 386 g/mol. The Morgan fingerprint density at radius 1 is 1.26 bits per heavy atom. The molecule has 0 spiro atoms. The third-order valence-electron chi connectivity index (χ3n) is 3.01. The van der Waals surface area contributed by atoms with Crippen LogP contribution in [-0.4, -0.2) is 6.04 Å². The van der Waals surface area contributed by atoms with E-state index in [1.807, 2.05) is 11.3 Å². The van der Waals surface area contributed by atoms with Gasteiger partial charge in [0.2, 0.25) is 0 Å². The van der Waals surface area contributed by atoms with Gasteiger partial charge in [-0.1, -0.05) is 28.1 Å². The minimum Gasteiger partial charge on any atom is -0.363 e. The molecule has 2 rings (SSSR count). The van der Waals surface area contributed by atoms with Crippen LogP contribution in [-0.2, 0) is 11.9 Å². The van der Waals surface area contributed by atoms with Crippen LogP contribution in [0.4, 0.5) is 5.69 Å². The van der Waals surface area contributed by atoms with Crippen LogP contribution in [0.15, 0.2) is 40.2 Å². The van der Waals surface area contributed by atoms with Gasteiger partial charge in [0.25, 0.3) is 0 Å². The van der Waals surface area contributed by atoms with Crippen molar-refractivity contribution in [3.8, 4) is 0 Å². The zero-order chi connectivity index (χ0) is 13.8. The standard InChI is InChI=1S/C15H17Br2NS/c1-11(2)18(10-13-4-3-7-19-13)15-6-5-12(9-16)8-14(15)17/h3-8,11H,9-10H2,1-2H3. The summed E-state index contributed by atoms with van der Waals surface area (Å²) in [7, 11) is 0. The van der Waals surface area contributed by atoms with E-state index in [9.17, 15) is 0 Å². The molecule has 4 heteroatoms. The third kappa shape index (κ3) is 3.83. The van der Waals surface area contributed by atoms with Gasteiger partial charge in [0.15, 0.2) is 0 Å². The van der Waals surface area contributed by atoms with E-state index in [0.717, 1.165) is 16.3 Å². The fraction of sp³-hybridized carbons (Fsp3) is 0.333. The van der Waals surface area contributed by atoms with Gasteiger partial charge in [0, 0.05) is 20.7 Å². The van der Waals surface area contributed by atoms with Crippen molar-refractivity contribution in [2.75, 3.05) is 4.90 Å². The minimum atomic E-state index is 0.466. The first-order valence-corrected chi connectivity index (χ1v) is 9.04. The van der Waals surface area contributed by atoms with Crippen molar-refractivity contribution >= 4 is 48.9 Å². The molecule has 0 fully saturated rings. The van der Waals surface area contributed by atoms with E-state index < -0.39 is 0 Å². The average molecular weight is 403 g/mol. The summed E-state index contributed by atoms with van der Waals surface area (Å²) < 4.78 is 1.16. The minimum absolute atomic E-state index is 0.466. The van der Waals surface area contributed by atoms with E-state index in [0.29, 0.717) is 6.04 Å². The van der Waals surface area contributed by atoms with Crippen LogP contribution >= 0.6 is 43.2 Å². The lowest BCUT2D eigenvalue weighted by Gasteiger charge is -2.29.